The molecule has 3 rings (SSSR count). The summed E-state index contributed by atoms with van der Waals surface area (Å²) >= 11 is 0. The largest absolute Gasteiger partial charge is 0.454 e. The van der Waals surface area contributed by atoms with E-state index in [0.29, 0.717) is 30.2 Å². The molecule has 0 amide bonds. The van der Waals surface area contributed by atoms with Crippen LogP contribution >= 0.6 is 0 Å². The van der Waals surface area contributed by atoms with Crippen molar-refractivity contribution in [2.75, 3.05) is 24.6 Å². The van der Waals surface area contributed by atoms with Crippen LogP contribution in [0.5, 0.6) is 11.5 Å². The van der Waals surface area contributed by atoms with Crippen molar-refractivity contribution in [2.24, 2.45) is 0 Å². The molecular formula is C12H16N2O4S. The highest BCUT2D eigenvalue weighted by Gasteiger charge is 2.27. The van der Waals surface area contributed by atoms with Gasteiger partial charge in [-0.15, -0.1) is 0 Å². The lowest BCUT2D eigenvalue weighted by Crippen LogP contribution is -2.41. The minimum Gasteiger partial charge on any atom is -0.454 e. The monoisotopic (exact) mass is 284 g/mol. The summed E-state index contributed by atoms with van der Waals surface area (Å²) in [6.45, 7) is 1.56. The first-order valence-corrected chi connectivity index (χ1v) is 7.82. The number of ether oxygens (including phenoxy) is 2. The molecule has 2 N–H and O–H groups in total. The topological polar surface area (TPSA) is 76.7 Å². The molecular weight excluding hydrogens is 268 g/mol. The molecule has 1 fully saturated rings. The normalized spacial score (nSPS) is 22.2. The van der Waals surface area contributed by atoms with Gasteiger partial charge >= 0.3 is 0 Å². The molecule has 7 heteroatoms. The van der Waals surface area contributed by atoms with E-state index in [1.54, 1.807) is 18.2 Å². The van der Waals surface area contributed by atoms with E-state index in [1.165, 1.54) is 0 Å². The van der Waals surface area contributed by atoms with E-state index >= 15 is 0 Å². The zero-order valence-electron chi connectivity index (χ0n) is 10.4. The Kier molecular flexibility index (Phi) is 3.24. The minimum absolute atomic E-state index is 0.179. The van der Waals surface area contributed by atoms with Gasteiger partial charge in [-0.1, -0.05) is 0 Å². The first-order valence-electron chi connectivity index (χ1n) is 6.27. The molecule has 104 valence electrons. The van der Waals surface area contributed by atoms with Crippen LogP contribution in [0.3, 0.4) is 0 Å². The predicted octanol–water partition coefficient (Wildman–Crippen LogP) is 0.909. The van der Waals surface area contributed by atoms with Crippen LogP contribution in [0.25, 0.3) is 0 Å². The van der Waals surface area contributed by atoms with Crippen molar-refractivity contribution in [3.63, 3.8) is 0 Å². The molecule has 1 atom stereocenters. The van der Waals surface area contributed by atoms with Gasteiger partial charge in [0.1, 0.15) is 0 Å². The first-order chi connectivity index (χ1) is 9.15. The Morgan fingerprint density at radius 3 is 2.89 bits per heavy atom. The minimum atomic E-state index is -3.36. The molecule has 1 unspecified atom stereocenters. The number of sulfonamides is 1. The van der Waals surface area contributed by atoms with Gasteiger partial charge in [0.25, 0.3) is 0 Å². The second-order valence-electron chi connectivity index (χ2n) is 4.68. The van der Waals surface area contributed by atoms with Crippen molar-refractivity contribution in [2.45, 2.75) is 18.1 Å². The smallest absolute Gasteiger partial charge is 0.236 e. The van der Waals surface area contributed by atoms with Crippen molar-refractivity contribution in [1.29, 1.82) is 0 Å². The van der Waals surface area contributed by atoms with Crippen molar-refractivity contribution < 1.29 is 17.9 Å². The SMILES string of the molecule is O=S(=O)(Nc1ccc2c(c1)OCO2)C1CCCNC1. The first kappa shape index (κ1) is 12.6. The second kappa shape index (κ2) is 4.90. The van der Waals surface area contributed by atoms with Gasteiger partial charge in [0.15, 0.2) is 11.5 Å². The number of piperidine rings is 1. The summed E-state index contributed by atoms with van der Waals surface area (Å²) in [6.07, 6.45) is 1.57. The number of fused-ring (bicyclic) bond motifs is 1. The average molecular weight is 284 g/mol. The van der Waals surface area contributed by atoms with Crippen LogP contribution in [0, 0.1) is 0 Å². The third kappa shape index (κ3) is 2.62. The highest BCUT2D eigenvalue weighted by molar-refractivity contribution is 7.93. The maximum atomic E-state index is 12.2. The summed E-state index contributed by atoms with van der Waals surface area (Å²) in [5.74, 6) is 1.21. The average Bonchev–Trinajstić information content (AvgIpc) is 2.87. The van der Waals surface area contributed by atoms with Crippen LogP contribution in [0.1, 0.15) is 12.8 Å². The summed E-state index contributed by atoms with van der Waals surface area (Å²) in [4.78, 5) is 0. The van der Waals surface area contributed by atoms with Crippen LogP contribution in [-0.4, -0.2) is 33.6 Å². The molecule has 2 aliphatic heterocycles. The zero-order valence-corrected chi connectivity index (χ0v) is 11.2. The number of hydrogen-bond donors (Lipinski definition) is 2. The van der Waals surface area contributed by atoms with Crippen molar-refractivity contribution in [1.82, 2.24) is 5.32 Å². The molecule has 0 aliphatic carbocycles. The van der Waals surface area contributed by atoms with E-state index in [-0.39, 0.29) is 12.0 Å². The van der Waals surface area contributed by atoms with Crippen LogP contribution in [0.2, 0.25) is 0 Å². The van der Waals surface area contributed by atoms with Gasteiger partial charge < -0.3 is 14.8 Å². The third-order valence-corrected chi connectivity index (χ3v) is 5.12. The summed E-state index contributed by atoms with van der Waals surface area (Å²) in [6, 6.07) is 5.04. The number of anilines is 1. The molecule has 6 nitrogen and oxygen atoms in total. The highest BCUT2D eigenvalue weighted by Crippen LogP contribution is 2.34. The molecule has 1 aromatic rings. The van der Waals surface area contributed by atoms with Gasteiger partial charge in [-0.25, -0.2) is 8.42 Å². The summed E-state index contributed by atoms with van der Waals surface area (Å²) in [7, 11) is -3.36. The van der Waals surface area contributed by atoms with Gasteiger partial charge in [0, 0.05) is 12.6 Å². The fraction of sp³-hybridized carbons (Fsp3) is 0.500. The lowest BCUT2D eigenvalue weighted by molar-refractivity contribution is 0.174. The zero-order chi connectivity index (χ0) is 13.3. The van der Waals surface area contributed by atoms with E-state index < -0.39 is 10.0 Å². The molecule has 2 aliphatic rings. The van der Waals surface area contributed by atoms with Crippen LogP contribution in [0.4, 0.5) is 5.69 Å². The molecule has 0 aromatic heterocycles. The van der Waals surface area contributed by atoms with E-state index in [9.17, 15) is 8.42 Å². The molecule has 2 heterocycles. The van der Waals surface area contributed by atoms with Gasteiger partial charge in [-0.3, -0.25) is 4.72 Å². The molecule has 1 saturated heterocycles. The number of benzene rings is 1. The van der Waals surface area contributed by atoms with E-state index in [0.717, 1.165) is 13.0 Å². The van der Waals surface area contributed by atoms with Crippen molar-refractivity contribution in [3.8, 4) is 11.5 Å². The Bertz CT molecular complexity index is 567. The number of rotatable bonds is 3. The quantitative estimate of drug-likeness (QED) is 0.862. The Morgan fingerprint density at radius 2 is 2.11 bits per heavy atom. The summed E-state index contributed by atoms with van der Waals surface area (Å²) in [5, 5.41) is 2.72. The fourth-order valence-corrected chi connectivity index (χ4v) is 3.73. The summed E-state index contributed by atoms with van der Waals surface area (Å²) < 4.78 is 37.5. The molecule has 0 spiro atoms. The standard InChI is InChI=1S/C12H16N2O4S/c15-19(16,10-2-1-5-13-7-10)14-9-3-4-11-12(6-9)18-8-17-11/h3-4,6,10,13-14H,1-2,5,7-8H2. The van der Waals surface area contributed by atoms with Gasteiger partial charge in [0.05, 0.1) is 10.9 Å². The Morgan fingerprint density at radius 1 is 1.26 bits per heavy atom. The second-order valence-corrected chi connectivity index (χ2v) is 6.64. The molecule has 19 heavy (non-hydrogen) atoms. The van der Waals surface area contributed by atoms with Crippen LogP contribution in [-0.2, 0) is 10.0 Å². The fourth-order valence-electron chi connectivity index (χ4n) is 2.29. The van der Waals surface area contributed by atoms with Gasteiger partial charge in [-0.05, 0) is 31.5 Å². The maximum Gasteiger partial charge on any atom is 0.236 e. The summed E-state index contributed by atoms with van der Waals surface area (Å²) in [5.41, 5.74) is 0.509. The number of nitrogens with one attached hydrogen (secondary N) is 2. The lowest BCUT2D eigenvalue weighted by Gasteiger charge is -2.23. The Balaban J connectivity index is 1.76. The van der Waals surface area contributed by atoms with E-state index in [4.69, 9.17) is 9.47 Å². The molecule has 1 aromatic carbocycles. The predicted molar refractivity (Wildman–Crippen MR) is 71.0 cm³/mol. The maximum absolute atomic E-state index is 12.2. The van der Waals surface area contributed by atoms with Gasteiger partial charge in [0.2, 0.25) is 16.8 Å². The Hall–Kier alpha value is -1.47. The van der Waals surface area contributed by atoms with Gasteiger partial charge in [-0.2, -0.15) is 0 Å². The third-order valence-electron chi connectivity index (χ3n) is 3.32. The highest BCUT2D eigenvalue weighted by atomic mass is 32.2. The van der Waals surface area contributed by atoms with Crippen LogP contribution in [0.15, 0.2) is 18.2 Å². The molecule has 0 bridgehead atoms. The Labute approximate surface area is 112 Å². The van der Waals surface area contributed by atoms with E-state index in [2.05, 4.69) is 10.0 Å². The molecule has 0 radical (unpaired) electrons. The van der Waals surface area contributed by atoms with Crippen molar-refractivity contribution >= 4 is 15.7 Å². The van der Waals surface area contributed by atoms with Crippen molar-refractivity contribution in [3.05, 3.63) is 18.2 Å². The molecule has 0 saturated carbocycles. The van der Waals surface area contributed by atoms with E-state index in [1.807, 2.05) is 0 Å². The lowest BCUT2D eigenvalue weighted by atomic mass is 10.2. The number of hydrogen-bond acceptors (Lipinski definition) is 5. The van der Waals surface area contributed by atoms with Crippen LogP contribution < -0.4 is 19.5 Å².